The highest BCUT2D eigenvalue weighted by Crippen LogP contribution is 2.17. The molecule has 0 aliphatic carbocycles. The molecule has 0 aromatic heterocycles. The summed E-state index contributed by atoms with van der Waals surface area (Å²) in [6.07, 6.45) is 0.951. The largest absolute Gasteiger partial charge is 0.497 e. The summed E-state index contributed by atoms with van der Waals surface area (Å²) < 4.78 is 10.7. The van der Waals surface area contributed by atoms with E-state index >= 15 is 0 Å². The fraction of sp³-hybridized carbons (Fsp3) is 0.364. The van der Waals surface area contributed by atoms with E-state index in [4.69, 9.17) is 9.47 Å². The van der Waals surface area contributed by atoms with E-state index in [2.05, 4.69) is 10.6 Å². The zero-order chi connectivity index (χ0) is 20.6. The molecule has 0 heterocycles. The third-order valence-electron chi connectivity index (χ3n) is 3.80. The zero-order valence-electron chi connectivity index (χ0n) is 16.9. The average molecular weight is 384 g/mol. The summed E-state index contributed by atoms with van der Waals surface area (Å²) in [6.45, 7) is 6.24. The quantitative estimate of drug-likeness (QED) is 0.674. The summed E-state index contributed by atoms with van der Waals surface area (Å²) >= 11 is 0. The molecule has 0 radical (unpaired) electrons. The molecule has 0 aliphatic rings. The van der Waals surface area contributed by atoms with Gasteiger partial charge in [0.25, 0.3) is 5.91 Å². The van der Waals surface area contributed by atoms with E-state index in [1.165, 1.54) is 0 Å². The Labute approximate surface area is 166 Å². The van der Waals surface area contributed by atoms with Gasteiger partial charge in [0, 0.05) is 23.2 Å². The van der Waals surface area contributed by atoms with Crippen LogP contribution in [0.4, 0.5) is 5.69 Å². The molecule has 0 aliphatic heterocycles. The van der Waals surface area contributed by atoms with Crippen molar-refractivity contribution in [3.05, 3.63) is 54.1 Å². The van der Waals surface area contributed by atoms with Gasteiger partial charge in [-0.25, -0.2) is 0 Å². The van der Waals surface area contributed by atoms with Crippen LogP contribution in [0.5, 0.6) is 11.5 Å². The van der Waals surface area contributed by atoms with Crippen LogP contribution in [-0.2, 0) is 4.79 Å². The average Bonchev–Trinajstić information content (AvgIpc) is 2.65. The summed E-state index contributed by atoms with van der Waals surface area (Å²) in [5, 5.41) is 5.73. The second-order valence-electron chi connectivity index (χ2n) is 7.46. The van der Waals surface area contributed by atoms with Crippen molar-refractivity contribution in [1.82, 2.24) is 5.32 Å². The van der Waals surface area contributed by atoms with Crippen LogP contribution in [-0.4, -0.2) is 31.1 Å². The van der Waals surface area contributed by atoms with E-state index in [0.29, 0.717) is 30.7 Å². The zero-order valence-corrected chi connectivity index (χ0v) is 16.9. The second-order valence-corrected chi connectivity index (χ2v) is 7.46. The van der Waals surface area contributed by atoms with Gasteiger partial charge in [0.05, 0.1) is 13.7 Å². The monoisotopic (exact) mass is 384 g/mol. The fourth-order valence-corrected chi connectivity index (χ4v) is 2.44. The molecule has 6 nitrogen and oxygen atoms in total. The van der Waals surface area contributed by atoms with Crippen LogP contribution in [0, 0.1) is 0 Å². The van der Waals surface area contributed by atoms with Gasteiger partial charge in [0.2, 0.25) is 5.91 Å². The van der Waals surface area contributed by atoms with Crippen LogP contribution in [0.25, 0.3) is 0 Å². The molecule has 0 atom stereocenters. The Morgan fingerprint density at radius 1 is 0.929 bits per heavy atom. The molecule has 0 saturated carbocycles. The van der Waals surface area contributed by atoms with Gasteiger partial charge in [0.15, 0.2) is 0 Å². The Balaban J connectivity index is 1.72. The minimum Gasteiger partial charge on any atom is -0.497 e. The lowest BCUT2D eigenvalue weighted by Crippen LogP contribution is -2.40. The van der Waals surface area contributed by atoms with Crippen molar-refractivity contribution in [2.24, 2.45) is 0 Å². The third-order valence-corrected chi connectivity index (χ3v) is 3.80. The van der Waals surface area contributed by atoms with Gasteiger partial charge in [-0.3, -0.25) is 9.59 Å². The summed E-state index contributed by atoms with van der Waals surface area (Å²) in [6, 6.07) is 14.2. The van der Waals surface area contributed by atoms with E-state index in [-0.39, 0.29) is 17.4 Å². The molecular formula is C22H28N2O4. The number of rotatable bonds is 8. The standard InChI is InChI=1S/C22H28N2O4/c1-22(2,3)24-21(26)16-7-9-17(10-8-16)23-20(25)6-5-15-28-19-13-11-18(27-4)12-14-19/h7-14H,5-6,15H2,1-4H3,(H,23,25)(H,24,26). The van der Waals surface area contributed by atoms with Gasteiger partial charge >= 0.3 is 0 Å². The normalized spacial score (nSPS) is 10.9. The highest BCUT2D eigenvalue weighted by molar-refractivity contribution is 5.96. The van der Waals surface area contributed by atoms with E-state index in [9.17, 15) is 9.59 Å². The molecule has 2 aromatic rings. The molecule has 0 saturated heterocycles. The lowest BCUT2D eigenvalue weighted by molar-refractivity contribution is -0.116. The van der Waals surface area contributed by atoms with Crippen LogP contribution in [0.2, 0.25) is 0 Å². The summed E-state index contributed by atoms with van der Waals surface area (Å²) in [7, 11) is 1.61. The van der Waals surface area contributed by atoms with Crippen molar-refractivity contribution in [2.75, 3.05) is 19.0 Å². The molecule has 2 rings (SSSR count). The topological polar surface area (TPSA) is 76.7 Å². The van der Waals surface area contributed by atoms with E-state index in [1.807, 2.05) is 45.0 Å². The van der Waals surface area contributed by atoms with Gasteiger partial charge in [-0.1, -0.05) is 0 Å². The predicted molar refractivity (Wildman–Crippen MR) is 110 cm³/mol. The number of ether oxygens (including phenoxy) is 2. The number of amides is 2. The number of hydrogen-bond acceptors (Lipinski definition) is 4. The van der Waals surface area contributed by atoms with Crippen LogP contribution in [0.3, 0.4) is 0 Å². The summed E-state index contributed by atoms with van der Waals surface area (Å²) in [4.78, 5) is 24.2. The van der Waals surface area contributed by atoms with Crippen LogP contribution in [0.1, 0.15) is 44.0 Å². The molecule has 150 valence electrons. The molecule has 2 amide bonds. The molecule has 0 bridgehead atoms. The Kier molecular flexibility index (Phi) is 7.44. The number of carbonyl (C=O) groups excluding carboxylic acids is 2. The molecular weight excluding hydrogens is 356 g/mol. The van der Waals surface area contributed by atoms with Crippen molar-refractivity contribution in [2.45, 2.75) is 39.2 Å². The number of benzene rings is 2. The van der Waals surface area contributed by atoms with Crippen LogP contribution < -0.4 is 20.1 Å². The third kappa shape index (κ3) is 7.31. The maximum atomic E-state index is 12.1. The van der Waals surface area contributed by atoms with E-state index in [0.717, 1.165) is 11.5 Å². The molecule has 2 aromatic carbocycles. The van der Waals surface area contributed by atoms with Gasteiger partial charge < -0.3 is 20.1 Å². The van der Waals surface area contributed by atoms with Gasteiger partial charge in [-0.2, -0.15) is 0 Å². The Hall–Kier alpha value is -3.02. The van der Waals surface area contributed by atoms with Gasteiger partial charge in [-0.15, -0.1) is 0 Å². The van der Waals surface area contributed by atoms with Crippen molar-refractivity contribution < 1.29 is 19.1 Å². The molecule has 28 heavy (non-hydrogen) atoms. The number of nitrogens with one attached hydrogen (secondary N) is 2. The fourth-order valence-electron chi connectivity index (χ4n) is 2.44. The number of hydrogen-bond donors (Lipinski definition) is 2. The maximum Gasteiger partial charge on any atom is 0.251 e. The minimum absolute atomic E-state index is 0.0924. The minimum atomic E-state index is -0.294. The number of carbonyl (C=O) groups is 2. The van der Waals surface area contributed by atoms with Crippen LogP contribution >= 0.6 is 0 Å². The van der Waals surface area contributed by atoms with Crippen molar-refractivity contribution in [3.8, 4) is 11.5 Å². The highest BCUT2D eigenvalue weighted by atomic mass is 16.5. The van der Waals surface area contributed by atoms with Crippen molar-refractivity contribution >= 4 is 17.5 Å². The van der Waals surface area contributed by atoms with Gasteiger partial charge in [-0.05, 0) is 75.7 Å². The highest BCUT2D eigenvalue weighted by Gasteiger charge is 2.15. The Morgan fingerprint density at radius 2 is 1.54 bits per heavy atom. The number of anilines is 1. The molecule has 0 unspecified atom stereocenters. The molecule has 0 fully saturated rings. The van der Waals surface area contributed by atoms with Gasteiger partial charge in [0.1, 0.15) is 11.5 Å². The first-order valence-electron chi connectivity index (χ1n) is 9.26. The molecule has 0 spiro atoms. The van der Waals surface area contributed by atoms with E-state index < -0.39 is 0 Å². The molecule has 6 heteroatoms. The van der Waals surface area contributed by atoms with Crippen molar-refractivity contribution in [3.63, 3.8) is 0 Å². The van der Waals surface area contributed by atoms with Crippen molar-refractivity contribution in [1.29, 1.82) is 0 Å². The van der Waals surface area contributed by atoms with E-state index in [1.54, 1.807) is 31.4 Å². The smallest absolute Gasteiger partial charge is 0.251 e. The summed E-state index contributed by atoms with van der Waals surface area (Å²) in [5.74, 6) is 1.28. The first-order valence-corrected chi connectivity index (χ1v) is 9.26. The lowest BCUT2D eigenvalue weighted by Gasteiger charge is -2.20. The first kappa shape index (κ1) is 21.3. The first-order chi connectivity index (χ1) is 13.3. The number of methoxy groups -OCH3 is 1. The molecule has 2 N–H and O–H groups in total. The predicted octanol–water partition coefficient (Wildman–Crippen LogP) is 4.02. The maximum absolute atomic E-state index is 12.1. The summed E-state index contributed by atoms with van der Waals surface area (Å²) in [5.41, 5.74) is 0.923. The lowest BCUT2D eigenvalue weighted by atomic mass is 10.1. The second kappa shape index (κ2) is 9.78. The Bertz CT molecular complexity index is 778. The van der Waals surface area contributed by atoms with Crippen LogP contribution in [0.15, 0.2) is 48.5 Å². The SMILES string of the molecule is COc1ccc(OCCCC(=O)Nc2ccc(C(=O)NC(C)(C)C)cc2)cc1. The Morgan fingerprint density at radius 3 is 2.11 bits per heavy atom.